The van der Waals surface area contributed by atoms with Crippen molar-refractivity contribution >= 4 is 17.3 Å². The molecule has 0 fully saturated rings. The van der Waals surface area contributed by atoms with E-state index in [1.165, 1.54) is 10.4 Å². The summed E-state index contributed by atoms with van der Waals surface area (Å²) in [6, 6.07) is 5.69. The number of nitrogens with zero attached hydrogens (tertiary/aromatic N) is 1. The molecule has 0 bridgehead atoms. The second kappa shape index (κ2) is 5.40. The summed E-state index contributed by atoms with van der Waals surface area (Å²) in [6.45, 7) is 4.21. The average Bonchev–Trinajstić information content (AvgIpc) is 2.94. The van der Waals surface area contributed by atoms with Gasteiger partial charge < -0.3 is 9.67 Å². The van der Waals surface area contributed by atoms with Crippen LogP contribution in [0.3, 0.4) is 0 Å². The molecule has 0 spiro atoms. The van der Waals surface area contributed by atoms with Crippen LogP contribution in [0.1, 0.15) is 46.7 Å². The minimum absolute atomic E-state index is 0.135. The highest BCUT2D eigenvalue weighted by Gasteiger charge is 2.20. The van der Waals surface area contributed by atoms with Crippen LogP contribution in [0.5, 0.6) is 0 Å². The molecule has 0 aromatic carbocycles. The van der Waals surface area contributed by atoms with Crippen LogP contribution in [0.25, 0.3) is 0 Å². The lowest BCUT2D eigenvalue weighted by Gasteiger charge is -2.20. The molecule has 2 heterocycles. The quantitative estimate of drug-likeness (QED) is 0.887. The van der Waals surface area contributed by atoms with Gasteiger partial charge in [0.2, 0.25) is 0 Å². The van der Waals surface area contributed by atoms with Crippen LogP contribution in [-0.2, 0) is 0 Å². The first-order valence-corrected chi connectivity index (χ1v) is 6.97. The monoisotopic (exact) mass is 263 g/mol. The summed E-state index contributed by atoms with van der Waals surface area (Å²) in [5.74, 6) is -0.865. The summed E-state index contributed by atoms with van der Waals surface area (Å²) in [5.41, 5.74) is 1.60. The fraction of sp³-hybridized carbons (Fsp3) is 0.357. The van der Waals surface area contributed by atoms with Crippen molar-refractivity contribution in [1.82, 2.24) is 4.57 Å². The van der Waals surface area contributed by atoms with E-state index in [4.69, 9.17) is 0 Å². The molecule has 1 unspecified atom stereocenters. The maximum absolute atomic E-state index is 11.2. The van der Waals surface area contributed by atoms with Gasteiger partial charge in [0.1, 0.15) is 5.69 Å². The van der Waals surface area contributed by atoms with Crippen LogP contribution in [0, 0.1) is 6.92 Å². The Kier molecular flexibility index (Phi) is 3.87. The molecule has 3 nitrogen and oxygen atoms in total. The van der Waals surface area contributed by atoms with E-state index in [1.54, 1.807) is 23.5 Å². The predicted molar refractivity (Wildman–Crippen MR) is 73.5 cm³/mol. The molecule has 1 atom stereocenters. The number of aryl methyl sites for hydroxylation is 1. The van der Waals surface area contributed by atoms with Gasteiger partial charge in [-0.05, 0) is 42.5 Å². The zero-order valence-corrected chi connectivity index (χ0v) is 11.4. The molecule has 0 aliphatic rings. The van der Waals surface area contributed by atoms with Gasteiger partial charge >= 0.3 is 5.97 Å². The van der Waals surface area contributed by atoms with Gasteiger partial charge in [-0.1, -0.05) is 13.3 Å². The van der Waals surface area contributed by atoms with Gasteiger partial charge in [-0.2, -0.15) is 0 Å². The molecule has 2 rings (SSSR count). The number of hydrogen-bond acceptors (Lipinski definition) is 2. The summed E-state index contributed by atoms with van der Waals surface area (Å²) >= 11 is 1.70. The van der Waals surface area contributed by atoms with Crippen LogP contribution in [-0.4, -0.2) is 15.6 Å². The molecule has 0 aliphatic heterocycles. The Bertz CT molecular complexity index is 541. The van der Waals surface area contributed by atoms with E-state index in [0.29, 0.717) is 5.69 Å². The van der Waals surface area contributed by atoms with Crippen LogP contribution in [0.4, 0.5) is 0 Å². The highest BCUT2D eigenvalue weighted by atomic mass is 32.1. The third kappa shape index (κ3) is 2.34. The molecule has 2 aromatic rings. The van der Waals surface area contributed by atoms with Crippen LogP contribution >= 0.6 is 11.3 Å². The fourth-order valence-electron chi connectivity index (χ4n) is 2.24. The maximum atomic E-state index is 11.2. The molecule has 0 saturated heterocycles. The average molecular weight is 263 g/mol. The topological polar surface area (TPSA) is 42.2 Å². The maximum Gasteiger partial charge on any atom is 0.352 e. The number of carbonyl (C=O) groups is 1. The van der Waals surface area contributed by atoms with Crippen molar-refractivity contribution in [3.05, 3.63) is 45.9 Å². The van der Waals surface area contributed by atoms with Crippen LogP contribution in [0.2, 0.25) is 0 Å². The zero-order chi connectivity index (χ0) is 13.1. The molecule has 4 heteroatoms. The van der Waals surface area contributed by atoms with Gasteiger partial charge in [0, 0.05) is 11.1 Å². The van der Waals surface area contributed by atoms with Gasteiger partial charge in [0.15, 0.2) is 0 Å². The third-order valence-corrected chi connectivity index (χ3v) is 4.22. The zero-order valence-electron chi connectivity index (χ0n) is 10.6. The number of thiophene rings is 1. The molecule has 0 radical (unpaired) electrons. The smallest absolute Gasteiger partial charge is 0.352 e. The Morgan fingerprint density at radius 3 is 2.83 bits per heavy atom. The second-order valence-electron chi connectivity index (χ2n) is 4.38. The summed E-state index contributed by atoms with van der Waals surface area (Å²) in [7, 11) is 0. The van der Waals surface area contributed by atoms with Gasteiger partial charge in [0.05, 0.1) is 6.04 Å². The lowest BCUT2D eigenvalue weighted by Crippen LogP contribution is -2.15. The molecular formula is C14H17NO2S. The normalized spacial score (nSPS) is 12.6. The van der Waals surface area contributed by atoms with Gasteiger partial charge in [-0.15, -0.1) is 11.3 Å². The Morgan fingerprint density at radius 2 is 2.28 bits per heavy atom. The first kappa shape index (κ1) is 12.9. The van der Waals surface area contributed by atoms with Gasteiger partial charge in [-0.3, -0.25) is 0 Å². The first-order valence-electron chi connectivity index (χ1n) is 6.09. The van der Waals surface area contributed by atoms with Gasteiger partial charge in [0.25, 0.3) is 0 Å². The van der Waals surface area contributed by atoms with Crippen molar-refractivity contribution in [3.8, 4) is 0 Å². The molecule has 96 valence electrons. The molecule has 1 N–H and O–H groups in total. The second-order valence-corrected chi connectivity index (χ2v) is 5.33. The number of hydrogen-bond donors (Lipinski definition) is 1. The summed E-state index contributed by atoms with van der Waals surface area (Å²) in [5, 5.41) is 11.3. The Morgan fingerprint density at radius 1 is 1.50 bits per heavy atom. The molecule has 18 heavy (non-hydrogen) atoms. The Hall–Kier alpha value is -1.55. The predicted octanol–water partition coefficient (Wildman–Crippen LogP) is 3.95. The number of carboxylic acid groups (broad SMARTS) is 1. The molecule has 2 aromatic heterocycles. The fourth-order valence-corrected chi connectivity index (χ4v) is 3.30. The van der Waals surface area contributed by atoms with Crippen molar-refractivity contribution in [2.45, 2.75) is 32.7 Å². The number of aromatic nitrogens is 1. The summed E-state index contributed by atoms with van der Waals surface area (Å²) in [6.07, 6.45) is 3.85. The largest absolute Gasteiger partial charge is 0.477 e. The molecular weight excluding hydrogens is 246 g/mol. The van der Waals surface area contributed by atoms with Crippen molar-refractivity contribution in [2.75, 3.05) is 0 Å². The van der Waals surface area contributed by atoms with Crippen molar-refractivity contribution in [3.63, 3.8) is 0 Å². The molecule has 0 aliphatic carbocycles. The lowest BCUT2D eigenvalue weighted by molar-refractivity contribution is 0.0683. The summed E-state index contributed by atoms with van der Waals surface area (Å²) < 4.78 is 1.88. The molecule has 0 saturated carbocycles. The van der Waals surface area contributed by atoms with Crippen molar-refractivity contribution < 1.29 is 9.90 Å². The molecule has 0 amide bonds. The standard InChI is InChI=1S/C14H17NO2S/c1-3-5-11(13-10(2)7-9-18-13)15-8-4-6-12(15)14(16)17/h4,6-9,11H,3,5H2,1-2H3,(H,16,17). The summed E-state index contributed by atoms with van der Waals surface area (Å²) in [4.78, 5) is 12.5. The van der Waals surface area contributed by atoms with Gasteiger partial charge in [-0.25, -0.2) is 4.79 Å². The van der Waals surface area contributed by atoms with E-state index in [9.17, 15) is 9.90 Å². The van der Waals surface area contributed by atoms with Crippen molar-refractivity contribution in [1.29, 1.82) is 0 Å². The minimum Gasteiger partial charge on any atom is -0.477 e. The van der Waals surface area contributed by atoms with Crippen LogP contribution < -0.4 is 0 Å². The van der Waals surface area contributed by atoms with E-state index in [2.05, 4.69) is 25.3 Å². The van der Waals surface area contributed by atoms with E-state index in [0.717, 1.165) is 12.8 Å². The number of carboxylic acids is 1. The highest BCUT2D eigenvalue weighted by Crippen LogP contribution is 2.31. The van der Waals surface area contributed by atoms with E-state index in [-0.39, 0.29) is 6.04 Å². The Balaban J connectivity index is 2.45. The van der Waals surface area contributed by atoms with E-state index >= 15 is 0 Å². The van der Waals surface area contributed by atoms with E-state index < -0.39 is 5.97 Å². The van der Waals surface area contributed by atoms with E-state index in [1.807, 2.05) is 10.8 Å². The number of rotatable bonds is 5. The van der Waals surface area contributed by atoms with Crippen LogP contribution in [0.15, 0.2) is 29.8 Å². The van der Waals surface area contributed by atoms with Crippen molar-refractivity contribution in [2.24, 2.45) is 0 Å². The SMILES string of the molecule is CCCC(c1sccc1C)n1cccc1C(=O)O. The third-order valence-electron chi connectivity index (χ3n) is 3.10. The number of aromatic carboxylic acids is 1. The lowest BCUT2D eigenvalue weighted by atomic mass is 10.1. The first-order chi connectivity index (χ1) is 8.65. The highest BCUT2D eigenvalue weighted by molar-refractivity contribution is 7.10. The Labute approximate surface area is 111 Å². The minimum atomic E-state index is -0.865.